The Bertz CT molecular complexity index is 215. The van der Waals surface area contributed by atoms with E-state index in [0.717, 1.165) is 10.6 Å². The maximum absolute atomic E-state index is 4.89. The van der Waals surface area contributed by atoms with Gasteiger partial charge in [-0.05, 0) is 6.07 Å². The molecule has 3 heteroatoms. The van der Waals surface area contributed by atoms with Crippen LogP contribution in [0.5, 0.6) is 0 Å². The highest BCUT2D eigenvalue weighted by atomic mass is 32.2. The molecular formula is C7H10NOS+. The van der Waals surface area contributed by atoms with Crippen molar-refractivity contribution in [2.45, 2.75) is 4.90 Å². The van der Waals surface area contributed by atoms with Gasteiger partial charge in [-0.2, -0.15) is 0 Å². The maximum Gasteiger partial charge on any atom is 0.143 e. The second-order valence-electron chi connectivity index (χ2n) is 1.86. The van der Waals surface area contributed by atoms with Crippen molar-refractivity contribution in [2.75, 3.05) is 7.11 Å². The van der Waals surface area contributed by atoms with E-state index >= 15 is 0 Å². The van der Waals surface area contributed by atoms with Crippen molar-refractivity contribution in [1.29, 1.82) is 0 Å². The van der Waals surface area contributed by atoms with Crippen LogP contribution >= 0.6 is 12.0 Å². The molecule has 0 saturated heterocycles. The zero-order valence-electron chi connectivity index (χ0n) is 5.83. The Morgan fingerprint density at radius 3 is 2.70 bits per heavy atom. The van der Waals surface area contributed by atoms with Crippen LogP contribution in [0.25, 0.3) is 0 Å². The SMILES string of the molecule is COSc1ccccc1[NH3+]. The lowest BCUT2D eigenvalue weighted by Gasteiger charge is -1.96. The minimum atomic E-state index is 1.01. The van der Waals surface area contributed by atoms with Gasteiger partial charge in [0, 0.05) is 18.1 Å². The first kappa shape index (κ1) is 7.60. The highest BCUT2D eigenvalue weighted by Gasteiger charge is 1.99. The van der Waals surface area contributed by atoms with Gasteiger partial charge in [0.2, 0.25) is 0 Å². The molecule has 0 spiro atoms. The quantitative estimate of drug-likeness (QED) is 0.653. The fourth-order valence-electron chi connectivity index (χ4n) is 0.675. The average molecular weight is 156 g/mol. The van der Waals surface area contributed by atoms with Gasteiger partial charge in [-0.25, -0.2) is 0 Å². The lowest BCUT2D eigenvalue weighted by Crippen LogP contribution is -2.40. The molecule has 0 atom stereocenters. The van der Waals surface area contributed by atoms with Gasteiger partial charge >= 0.3 is 0 Å². The molecule has 3 N–H and O–H groups in total. The summed E-state index contributed by atoms with van der Waals surface area (Å²) in [4.78, 5) is 1.07. The molecule has 0 fully saturated rings. The van der Waals surface area contributed by atoms with Gasteiger partial charge < -0.3 is 9.92 Å². The third-order valence-electron chi connectivity index (χ3n) is 1.15. The summed E-state index contributed by atoms with van der Waals surface area (Å²) in [5.41, 5.74) is 4.85. The smallest absolute Gasteiger partial charge is 0.143 e. The number of rotatable bonds is 2. The molecule has 0 bridgehead atoms. The van der Waals surface area contributed by atoms with E-state index in [0.29, 0.717) is 0 Å². The Balaban J connectivity index is 2.81. The summed E-state index contributed by atoms with van der Waals surface area (Å²) in [5, 5.41) is 0. The van der Waals surface area contributed by atoms with Crippen molar-refractivity contribution in [3.05, 3.63) is 24.3 Å². The molecule has 0 saturated carbocycles. The number of hydrogen-bond acceptors (Lipinski definition) is 2. The van der Waals surface area contributed by atoms with Crippen LogP contribution in [0.2, 0.25) is 0 Å². The van der Waals surface area contributed by atoms with Gasteiger partial charge in [0.15, 0.2) is 0 Å². The minimum Gasteiger partial charge on any atom is -0.324 e. The van der Waals surface area contributed by atoms with Crippen molar-refractivity contribution < 1.29 is 9.92 Å². The lowest BCUT2D eigenvalue weighted by atomic mass is 10.3. The summed E-state index contributed by atoms with van der Waals surface area (Å²) in [5.74, 6) is 0. The number of benzene rings is 1. The van der Waals surface area contributed by atoms with Gasteiger partial charge in [-0.15, -0.1) is 0 Å². The Morgan fingerprint density at radius 2 is 2.10 bits per heavy atom. The lowest BCUT2D eigenvalue weighted by molar-refractivity contribution is -0.258. The standard InChI is InChI=1S/C7H9NOS/c1-9-10-7-5-3-2-4-6(7)8/h2-5H,8H2,1H3/p+1. The van der Waals surface area contributed by atoms with Crippen LogP contribution in [-0.4, -0.2) is 7.11 Å². The zero-order valence-corrected chi connectivity index (χ0v) is 6.65. The first-order chi connectivity index (χ1) is 4.84. The monoisotopic (exact) mass is 156 g/mol. The molecule has 0 unspecified atom stereocenters. The number of quaternary nitrogens is 1. The third-order valence-corrected chi connectivity index (χ3v) is 1.89. The zero-order chi connectivity index (χ0) is 7.40. The van der Waals surface area contributed by atoms with Crippen molar-refractivity contribution >= 4 is 17.7 Å². The van der Waals surface area contributed by atoms with E-state index in [1.165, 1.54) is 12.0 Å². The molecule has 1 rings (SSSR count). The van der Waals surface area contributed by atoms with Crippen LogP contribution in [0.3, 0.4) is 0 Å². The summed E-state index contributed by atoms with van der Waals surface area (Å²) in [6.45, 7) is 0. The van der Waals surface area contributed by atoms with Crippen LogP contribution < -0.4 is 5.73 Å². The predicted molar refractivity (Wildman–Crippen MR) is 41.9 cm³/mol. The topological polar surface area (TPSA) is 36.9 Å². The normalized spacial score (nSPS) is 9.80. The van der Waals surface area contributed by atoms with Crippen molar-refractivity contribution in [1.82, 2.24) is 0 Å². The Hall–Kier alpha value is -0.510. The largest absolute Gasteiger partial charge is 0.324 e. The molecule has 1 aromatic rings. The molecule has 2 nitrogen and oxygen atoms in total. The highest BCUT2D eigenvalue weighted by Crippen LogP contribution is 2.22. The fraction of sp³-hybridized carbons (Fsp3) is 0.143. The molecule has 1 aromatic carbocycles. The Labute approximate surface area is 64.6 Å². The molecule has 0 aliphatic rings. The van der Waals surface area contributed by atoms with E-state index in [1.807, 2.05) is 24.3 Å². The van der Waals surface area contributed by atoms with Gasteiger partial charge in [0.05, 0.1) is 12.0 Å². The van der Waals surface area contributed by atoms with E-state index in [4.69, 9.17) is 4.18 Å². The van der Waals surface area contributed by atoms with Gasteiger partial charge in [0.1, 0.15) is 5.69 Å². The van der Waals surface area contributed by atoms with Crippen molar-refractivity contribution in [3.8, 4) is 0 Å². The summed E-state index contributed by atoms with van der Waals surface area (Å²) in [7, 11) is 1.65. The van der Waals surface area contributed by atoms with E-state index in [-0.39, 0.29) is 0 Å². The molecule has 10 heavy (non-hydrogen) atoms. The summed E-state index contributed by atoms with van der Waals surface area (Å²) in [6.07, 6.45) is 0. The molecule has 0 heterocycles. The van der Waals surface area contributed by atoms with Crippen LogP contribution in [-0.2, 0) is 4.18 Å². The van der Waals surface area contributed by atoms with E-state index in [1.54, 1.807) is 7.11 Å². The number of hydrogen-bond donors (Lipinski definition) is 1. The second kappa shape index (κ2) is 3.61. The first-order valence-corrected chi connectivity index (χ1v) is 3.70. The van der Waals surface area contributed by atoms with E-state index in [2.05, 4.69) is 5.73 Å². The van der Waals surface area contributed by atoms with Crippen LogP contribution in [0.15, 0.2) is 29.2 Å². The minimum absolute atomic E-state index is 1.01. The molecule has 0 radical (unpaired) electrons. The van der Waals surface area contributed by atoms with Gasteiger partial charge in [-0.1, -0.05) is 12.1 Å². The van der Waals surface area contributed by atoms with Gasteiger partial charge in [-0.3, -0.25) is 0 Å². The molecule has 54 valence electrons. The van der Waals surface area contributed by atoms with E-state index in [9.17, 15) is 0 Å². The van der Waals surface area contributed by atoms with E-state index < -0.39 is 0 Å². The molecule has 0 amide bonds. The van der Waals surface area contributed by atoms with Crippen LogP contribution in [0, 0.1) is 0 Å². The summed E-state index contributed by atoms with van der Waals surface area (Å²) < 4.78 is 4.89. The van der Waals surface area contributed by atoms with Crippen molar-refractivity contribution in [3.63, 3.8) is 0 Å². The average Bonchev–Trinajstić information content (AvgIpc) is 1.94. The first-order valence-electron chi connectivity index (χ1n) is 2.96. The highest BCUT2D eigenvalue weighted by molar-refractivity contribution is 7.94. The summed E-state index contributed by atoms with van der Waals surface area (Å²) in [6, 6.07) is 7.87. The van der Waals surface area contributed by atoms with Crippen LogP contribution in [0.4, 0.5) is 5.69 Å². The maximum atomic E-state index is 4.89. The fourth-order valence-corrected chi connectivity index (χ4v) is 1.16. The predicted octanol–water partition coefficient (Wildman–Crippen LogP) is 1.21. The molecule has 0 aliphatic heterocycles. The van der Waals surface area contributed by atoms with Gasteiger partial charge in [0.25, 0.3) is 0 Å². The molecular weight excluding hydrogens is 146 g/mol. The summed E-state index contributed by atoms with van der Waals surface area (Å²) >= 11 is 1.34. The molecule has 0 aromatic heterocycles. The van der Waals surface area contributed by atoms with Crippen LogP contribution in [0.1, 0.15) is 0 Å². The Morgan fingerprint density at radius 1 is 1.40 bits per heavy atom. The third kappa shape index (κ3) is 1.73. The molecule has 0 aliphatic carbocycles. The van der Waals surface area contributed by atoms with Crippen molar-refractivity contribution in [2.24, 2.45) is 0 Å². The second-order valence-corrected chi connectivity index (χ2v) is 2.80. The Kier molecular flexibility index (Phi) is 2.74.